The maximum absolute atomic E-state index is 13.5. The summed E-state index contributed by atoms with van der Waals surface area (Å²) in [6.07, 6.45) is 0.992. The molecule has 1 fully saturated rings. The number of carbonyl (C=O) groups is 1. The number of amides is 1. The third-order valence-electron chi connectivity index (χ3n) is 7.03. The summed E-state index contributed by atoms with van der Waals surface area (Å²) in [5, 5.41) is 12.0. The number of carbonyl (C=O) groups excluding carboxylic acids is 1. The number of methoxy groups -OCH3 is 1. The summed E-state index contributed by atoms with van der Waals surface area (Å²) in [5.74, 6) is 0.632. The number of anilines is 1. The number of benzene rings is 4. The van der Waals surface area contributed by atoms with Crippen molar-refractivity contribution in [3.05, 3.63) is 132 Å². The average molecular weight is 464 g/mol. The zero-order chi connectivity index (χ0) is 24.3. The minimum atomic E-state index is -1.18. The second kappa shape index (κ2) is 9.77. The first-order chi connectivity index (χ1) is 17.1. The van der Waals surface area contributed by atoms with Crippen molar-refractivity contribution in [2.45, 2.75) is 24.5 Å². The lowest BCUT2D eigenvalue weighted by atomic mass is 9.74. The number of hydrogen-bond acceptors (Lipinski definition) is 3. The van der Waals surface area contributed by atoms with E-state index in [1.54, 1.807) is 7.11 Å². The number of nitrogens with zero attached hydrogens (tertiary/aromatic N) is 1. The Balaban J connectivity index is 1.47. The summed E-state index contributed by atoms with van der Waals surface area (Å²) in [7, 11) is 1.65. The summed E-state index contributed by atoms with van der Waals surface area (Å²) in [6.45, 7) is 0. The Labute approximate surface area is 206 Å². The summed E-state index contributed by atoms with van der Waals surface area (Å²) < 4.78 is 5.34. The van der Waals surface area contributed by atoms with E-state index in [1.165, 1.54) is 0 Å². The van der Waals surface area contributed by atoms with E-state index in [0.717, 1.165) is 28.1 Å². The molecule has 176 valence electrons. The molecule has 4 aromatic carbocycles. The highest BCUT2D eigenvalue weighted by molar-refractivity contribution is 6.03. The van der Waals surface area contributed by atoms with Crippen molar-refractivity contribution in [1.82, 2.24) is 0 Å². The molecule has 1 aliphatic rings. The predicted molar refractivity (Wildman–Crippen MR) is 138 cm³/mol. The van der Waals surface area contributed by atoms with Crippen LogP contribution in [0, 0.1) is 5.92 Å². The van der Waals surface area contributed by atoms with Crippen LogP contribution in [-0.2, 0) is 10.4 Å². The van der Waals surface area contributed by atoms with Gasteiger partial charge < -0.3 is 14.7 Å². The van der Waals surface area contributed by atoms with Crippen LogP contribution >= 0.6 is 0 Å². The molecule has 4 aromatic rings. The second-order valence-electron chi connectivity index (χ2n) is 9.00. The van der Waals surface area contributed by atoms with Crippen LogP contribution in [0.5, 0.6) is 5.75 Å². The van der Waals surface area contributed by atoms with E-state index in [4.69, 9.17) is 4.74 Å². The molecule has 0 bridgehead atoms. The van der Waals surface area contributed by atoms with Crippen LogP contribution in [0.3, 0.4) is 0 Å². The van der Waals surface area contributed by atoms with Crippen LogP contribution in [0.1, 0.15) is 35.6 Å². The third-order valence-corrected chi connectivity index (χ3v) is 7.03. The first kappa shape index (κ1) is 22.9. The van der Waals surface area contributed by atoms with Gasteiger partial charge in [0.25, 0.3) is 0 Å². The summed E-state index contributed by atoms with van der Waals surface area (Å²) in [6, 6.07) is 37.1. The summed E-state index contributed by atoms with van der Waals surface area (Å²) in [4.78, 5) is 15.4. The van der Waals surface area contributed by atoms with Crippen molar-refractivity contribution >= 4 is 11.6 Å². The molecule has 0 saturated carbocycles. The largest absolute Gasteiger partial charge is 0.497 e. The molecular formula is C31H29NO3. The van der Waals surface area contributed by atoms with Gasteiger partial charge in [-0.25, -0.2) is 0 Å². The highest BCUT2D eigenvalue weighted by Gasteiger charge is 2.49. The molecule has 1 aliphatic heterocycles. The van der Waals surface area contributed by atoms with E-state index in [0.29, 0.717) is 12.8 Å². The Morgan fingerprint density at radius 1 is 0.771 bits per heavy atom. The molecule has 2 atom stereocenters. The molecule has 0 spiro atoms. The lowest BCUT2D eigenvalue weighted by Crippen LogP contribution is -2.55. The van der Waals surface area contributed by atoms with Gasteiger partial charge in [-0.15, -0.1) is 0 Å². The highest BCUT2D eigenvalue weighted by atomic mass is 16.5. The monoisotopic (exact) mass is 463 g/mol. The van der Waals surface area contributed by atoms with Gasteiger partial charge in [-0.3, -0.25) is 4.79 Å². The van der Waals surface area contributed by atoms with E-state index in [2.05, 4.69) is 0 Å². The Hall–Kier alpha value is -3.89. The van der Waals surface area contributed by atoms with Crippen LogP contribution in [-0.4, -0.2) is 18.1 Å². The highest BCUT2D eigenvalue weighted by Crippen LogP contribution is 2.47. The molecule has 1 N–H and O–H groups in total. The molecule has 2 unspecified atom stereocenters. The van der Waals surface area contributed by atoms with E-state index in [-0.39, 0.29) is 17.9 Å². The van der Waals surface area contributed by atoms with Crippen LogP contribution in [0.15, 0.2) is 115 Å². The normalized spacial score (nSPS) is 17.7. The minimum absolute atomic E-state index is 0.0838. The molecule has 0 aliphatic carbocycles. The van der Waals surface area contributed by atoms with Crippen LogP contribution in [0.4, 0.5) is 5.69 Å². The van der Waals surface area contributed by atoms with E-state index in [1.807, 2.05) is 120 Å². The lowest BCUT2D eigenvalue weighted by Gasteiger charge is -2.48. The Kier molecular flexibility index (Phi) is 6.39. The topological polar surface area (TPSA) is 49.8 Å². The van der Waals surface area contributed by atoms with Crippen molar-refractivity contribution < 1.29 is 14.6 Å². The Morgan fingerprint density at radius 2 is 1.29 bits per heavy atom. The van der Waals surface area contributed by atoms with Crippen LogP contribution in [0.25, 0.3) is 0 Å². The summed E-state index contributed by atoms with van der Waals surface area (Å²) >= 11 is 0. The fourth-order valence-corrected chi connectivity index (χ4v) is 5.14. The van der Waals surface area contributed by atoms with E-state index in [9.17, 15) is 9.90 Å². The summed E-state index contributed by atoms with van der Waals surface area (Å²) in [5.41, 5.74) is 2.43. The SMILES string of the molecule is COc1ccc(C2C(CCC(O)(c3ccccc3)c3ccccc3)C(=O)N2c2ccccc2)cc1. The zero-order valence-corrected chi connectivity index (χ0v) is 19.7. The molecular weight excluding hydrogens is 434 g/mol. The van der Waals surface area contributed by atoms with Gasteiger partial charge in [0.05, 0.1) is 19.1 Å². The maximum Gasteiger partial charge on any atom is 0.233 e. The molecule has 4 nitrogen and oxygen atoms in total. The molecule has 4 heteroatoms. The van der Waals surface area contributed by atoms with Crippen molar-refractivity contribution in [2.24, 2.45) is 5.92 Å². The number of hydrogen-bond donors (Lipinski definition) is 1. The molecule has 35 heavy (non-hydrogen) atoms. The van der Waals surface area contributed by atoms with E-state index >= 15 is 0 Å². The van der Waals surface area contributed by atoms with E-state index < -0.39 is 5.60 Å². The Bertz CT molecular complexity index is 1220. The number of para-hydroxylation sites is 1. The molecule has 1 heterocycles. The molecule has 0 aromatic heterocycles. The van der Waals surface area contributed by atoms with Crippen molar-refractivity contribution in [2.75, 3.05) is 12.0 Å². The first-order valence-electron chi connectivity index (χ1n) is 12.0. The molecule has 0 radical (unpaired) electrons. The fourth-order valence-electron chi connectivity index (χ4n) is 5.14. The van der Waals surface area contributed by atoms with Gasteiger partial charge in [0.1, 0.15) is 11.4 Å². The third kappa shape index (κ3) is 4.33. The average Bonchev–Trinajstić information content (AvgIpc) is 2.93. The predicted octanol–water partition coefficient (Wildman–Crippen LogP) is 6.12. The number of β-lactam (4-membered cyclic amide) rings is 1. The van der Waals surface area contributed by atoms with Gasteiger partial charge in [-0.2, -0.15) is 0 Å². The van der Waals surface area contributed by atoms with Crippen molar-refractivity contribution in [1.29, 1.82) is 0 Å². The van der Waals surface area contributed by atoms with Gasteiger partial charge in [-0.05, 0) is 53.8 Å². The van der Waals surface area contributed by atoms with Gasteiger partial charge in [0.15, 0.2) is 0 Å². The number of aliphatic hydroxyl groups is 1. The maximum atomic E-state index is 13.5. The smallest absolute Gasteiger partial charge is 0.233 e. The second-order valence-corrected chi connectivity index (χ2v) is 9.00. The quantitative estimate of drug-likeness (QED) is 0.321. The molecule has 5 rings (SSSR count). The van der Waals surface area contributed by atoms with Gasteiger partial charge in [0.2, 0.25) is 5.91 Å². The van der Waals surface area contributed by atoms with Gasteiger partial charge >= 0.3 is 0 Å². The zero-order valence-electron chi connectivity index (χ0n) is 19.7. The van der Waals surface area contributed by atoms with Crippen molar-refractivity contribution in [3.63, 3.8) is 0 Å². The number of rotatable bonds is 8. The number of ether oxygens (including phenoxy) is 1. The van der Waals surface area contributed by atoms with Gasteiger partial charge in [-0.1, -0.05) is 91.0 Å². The van der Waals surface area contributed by atoms with Crippen LogP contribution < -0.4 is 9.64 Å². The first-order valence-corrected chi connectivity index (χ1v) is 12.0. The Morgan fingerprint density at radius 3 is 1.80 bits per heavy atom. The molecule has 1 amide bonds. The van der Waals surface area contributed by atoms with Crippen molar-refractivity contribution in [3.8, 4) is 5.75 Å². The van der Waals surface area contributed by atoms with Gasteiger partial charge in [0, 0.05) is 5.69 Å². The lowest BCUT2D eigenvalue weighted by molar-refractivity contribution is -0.131. The molecule has 1 saturated heterocycles. The van der Waals surface area contributed by atoms with Crippen LogP contribution in [0.2, 0.25) is 0 Å². The minimum Gasteiger partial charge on any atom is -0.497 e. The fraction of sp³-hybridized carbons (Fsp3) is 0.194. The standard InChI is InChI=1S/C31H29NO3/c1-35-27-19-17-23(18-20-27)29-28(30(33)32(29)26-15-9-4-10-16-26)21-22-31(34,24-11-5-2-6-12-24)25-13-7-3-8-14-25/h2-20,28-29,34H,21-22H2,1H3.